The third kappa shape index (κ3) is 2.16. The Morgan fingerprint density at radius 2 is 1.95 bits per heavy atom. The summed E-state index contributed by atoms with van der Waals surface area (Å²) in [6.07, 6.45) is 5.41. The van der Waals surface area contributed by atoms with Gasteiger partial charge in [0.25, 0.3) is 0 Å². The summed E-state index contributed by atoms with van der Waals surface area (Å²) in [5.74, 6) is 0.965. The molecule has 2 N–H and O–H groups in total. The molecule has 0 bridgehead atoms. The molecule has 0 amide bonds. The zero-order valence-electron chi connectivity index (χ0n) is 11.5. The van der Waals surface area contributed by atoms with E-state index in [-0.39, 0.29) is 0 Å². The van der Waals surface area contributed by atoms with Crippen LogP contribution in [0.3, 0.4) is 0 Å². The molecule has 0 fully saturated rings. The molecule has 3 nitrogen and oxygen atoms in total. The SMILES string of the molecule is Cc1cc(N)cnc1N(C)c1ccc2c(c1)CCC2. The highest BCUT2D eigenvalue weighted by atomic mass is 15.2. The van der Waals surface area contributed by atoms with E-state index in [2.05, 4.69) is 35.1 Å². The molecule has 0 saturated heterocycles. The van der Waals surface area contributed by atoms with Gasteiger partial charge >= 0.3 is 0 Å². The fraction of sp³-hybridized carbons (Fsp3) is 0.312. The van der Waals surface area contributed by atoms with Gasteiger partial charge in [-0.1, -0.05) is 6.07 Å². The maximum Gasteiger partial charge on any atom is 0.135 e. The van der Waals surface area contributed by atoms with E-state index < -0.39 is 0 Å². The minimum absolute atomic E-state index is 0.712. The zero-order valence-corrected chi connectivity index (χ0v) is 11.5. The van der Waals surface area contributed by atoms with Crippen LogP contribution in [0.4, 0.5) is 17.2 Å². The van der Waals surface area contributed by atoms with Crippen molar-refractivity contribution in [1.82, 2.24) is 4.98 Å². The van der Waals surface area contributed by atoms with Gasteiger partial charge in [-0.05, 0) is 61.1 Å². The number of nitrogens with two attached hydrogens (primary N) is 1. The molecule has 0 unspecified atom stereocenters. The molecular formula is C16H19N3. The average molecular weight is 253 g/mol. The summed E-state index contributed by atoms with van der Waals surface area (Å²) in [5.41, 5.74) is 11.7. The van der Waals surface area contributed by atoms with E-state index in [1.807, 2.05) is 13.0 Å². The first-order valence-electron chi connectivity index (χ1n) is 6.73. The Morgan fingerprint density at radius 1 is 1.16 bits per heavy atom. The number of anilines is 3. The van der Waals surface area contributed by atoms with Crippen LogP contribution < -0.4 is 10.6 Å². The Labute approximate surface area is 114 Å². The quantitative estimate of drug-likeness (QED) is 0.893. The molecule has 19 heavy (non-hydrogen) atoms. The minimum atomic E-state index is 0.712. The first-order chi connectivity index (χ1) is 9.15. The lowest BCUT2D eigenvalue weighted by Crippen LogP contribution is -2.13. The third-order valence-electron chi connectivity index (χ3n) is 3.86. The number of fused-ring (bicyclic) bond motifs is 1. The normalized spacial score (nSPS) is 13.4. The van der Waals surface area contributed by atoms with Crippen LogP contribution in [0.2, 0.25) is 0 Å². The number of nitrogen functional groups attached to an aromatic ring is 1. The summed E-state index contributed by atoms with van der Waals surface area (Å²) in [6.45, 7) is 2.04. The van der Waals surface area contributed by atoms with Crippen LogP contribution in [0.1, 0.15) is 23.1 Å². The molecule has 3 rings (SSSR count). The summed E-state index contributed by atoms with van der Waals surface area (Å²) in [5, 5.41) is 0. The molecule has 0 aliphatic heterocycles. The van der Waals surface area contributed by atoms with Gasteiger partial charge in [0.15, 0.2) is 0 Å². The standard InChI is InChI=1S/C16H19N3/c1-11-8-14(17)10-18-16(11)19(2)15-7-6-12-4-3-5-13(12)9-15/h6-10H,3-5,17H2,1-2H3. The van der Waals surface area contributed by atoms with Gasteiger partial charge in [0.05, 0.1) is 11.9 Å². The van der Waals surface area contributed by atoms with E-state index in [0.29, 0.717) is 5.69 Å². The fourth-order valence-corrected chi connectivity index (χ4v) is 2.83. The van der Waals surface area contributed by atoms with Crippen molar-refractivity contribution in [2.24, 2.45) is 0 Å². The predicted octanol–water partition coefficient (Wildman–Crippen LogP) is 3.23. The van der Waals surface area contributed by atoms with E-state index in [0.717, 1.165) is 11.4 Å². The maximum absolute atomic E-state index is 5.76. The monoisotopic (exact) mass is 253 g/mol. The molecule has 1 aromatic heterocycles. The van der Waals surface area contributed by atoms with Gasteiger partial charge in [0.1, 0.15) is 5.82 Å². The molecule has 1 aliphatic rings. The second-order valence-electron chi connectivity index (χ2n) is 5.27. The van der Waals surface area contributed by atoms with Gasteiger partial charge in [-0.2, -0.15) is 0 Å². The Morgan fingerprint density at radius 3 is 2.74 bits per heavy atom. The molecule has 0 saturated carbocycles. The van der Waals surface area contributed by atoms with Crippen LogP contribution in [0.25, 0.3) is 0 Å². The molecule has 3 heteroatoms. The van der Waals surface area contributed by atoms with Crippen molar-refractivity contribution in [3.05, 3.63) is 47.2 Å². The number of aromatic nitrogens is 1. The molecular weight excluding hydrogens is 234 g/mol. The average Bonchev–Trinajstić information content (AvgIpc) is 2.85. The Bertz CT molecular complexity index is 619. The van der Waals surface area contributed by atoms with Crippen molar-refractivity contribution in [3.8, 4) is 0 Å². The van der Waals surface area contributed by atoms with Crippen LogP contribution in [-0.2, 0) is 12.8 Å². The number of pyridine rings is 1. The summed E-state index contributed by atoms with van der Waals surface area (Å²) in [4.78, 5) is 6.58. The highest BCUT2D eigenvalue weighted by molar-refractivity contribution is 5.65. The van der Waals surface area contributed by atoms with E-state index in [1.54, 1.807) is 6.20 Å². The van der Waals surface area contributed by atoms with Gasteiger partial charge < -0.3 is 10.6 Å². The highest BCUT2D eigenvalue weighted by Gasteiger charge is 2.14. The second kappa shape index (κ2) is 4.57. The van der Waals surface area contributed by atoms with Crippen molar-refractivity contribution >= 4 is 17.2 Å². The Hall–Kier alpha value is -2.03. The Kier molecular flexibility index (Phi) is 2.90. The topological polar surface area (TPSA) is 42.1 Å². The number of rotatable bonds is 2. The van der Waals surface area contributed by atoms with E-state index in [4.69, 9.17) is 5.73 Å². The number of hydrogen-bond acceptors (Lipinski definition) is 3. The minimum Gasteiger partial charge on any atom is -0.397 e. The first-order valence-corrected chi connectivity index (χ1v) is 6.73. The van der Waals surface area contributed by atoms with Crippen molar-refractivity contribution in [1.29, 1.82) is 0 Å². The first kappa shape index (κ1) is 12.0. The largest absolute Gasteiger partial charge is 0.397 e. The number of benzene rings is 1. The summed E-state index contributed by atoms with van der Waals surface area (Å²) in [7, 11) is 2.06. The predicted molar refractivity (Wildman–Crippen MR) is 79.9 cm³/mol. The maximum atomic E-state index is 5.76. The van der Waals surface area contributed by atoms with E-state index >= 15 is 0 Å². The zero-order chi connectivity index (χ0) is 13.4. The molecule has 2 aromatic rings. The number of nitrogens with zero attached hydrogens (tertiary/aromatic N) is 2. The van der Waals surface area contributed by atoms with E-state index in [9.17, 15) is 0 Å². The smallest absolute Gasteiger partial charge is 0.135 e. The number of hydrogen-bond donors (Lipinski definition) is 1. The summed E-state index contributed by atoms with van der Waals surface area (Å²) >= 11 is 0. The van der Waals surface area contributed by atoms with Gasteiger partial charge in [-0.3, -0.25) is 0 Å². The van der Waals surface area contributed by atoms with Crippen LogP contribution in [0, 0.1) is 6.92 Å². The van der Waals surface area contributed by atoms with Crippen molar-refractivity contribution in [2.45, 2.75) is 26.2 Å². The summed E-state index contributed by atoms with van der Waals surface area (Å²) in [6, 6.07) is 8.69. The molecule has 1 aromatic carbocycles. The van der Waals surface area contributed by atoms with Crippen molar-refractivity contribution in [2.75, 3.05) is 17.7 Å². The second-order valence-corrected chi connectivity index (χ2v) is 5.27. The highest BCUT2D eigenvalue weighted by Crippen LogP contribution is 2.30. The lowest BCUT2D eigenvalue weighted by atomic mass is 10.1. The van der Waals surface area contributed by atoms with Gasteiger partial charge in [-0.25, -0.2) is 4.98 Å². The lowest BCUT2D eigenvalue weighted by Gasteiger charge is -2.21. The lowest BCUT2D eigenvalue weighted by molar-refractivity contribution is 0.911. The molecule has 98 valence electrons. The van der Waals surface area contributed by atoms with Gasteiger partial charge in [-0.15, -0.1) is 0 Å². The van der Waals surface area contributed by atoms with Crippen LogP contribution in [0.15, 0.2) is 30.5 Å². The molecule has 1 heterocycles. The third-order valence-corrected chi connectivity index (χ3v) is 3.86. The summed E-state index contributed by atoms with van der Waals surface area (Å²) < 4.78 is 0. The fourth-order valence-electron chi connectivity index (χ4n) is 2.83. The Balaban J connectivity index is 1.97. The van der Waals surface area contributed by atoms with Gasteiger partial charge in [0.2, 0.25) is 0 Å². The van der Waals surface area contributed by atoms with E-state index in [1.165, 1.54) is 36.1 Å². The van der Waals surface area contributed by atoms with Crippen molar-refractivity contribution in [3.63, 3.8) is 0 Å². The molecule has 1 aliphatic carbocycles. The molecule has 0 atom stereocenters. The van der Waals surface area contributed by atoms with Crippen LogP contribution >= 0.6 is 0 Å². The molecule has 0 radical (unpaired) electrons. The van der Waals surface area contributed by atoms with Crippen LogP contribution in [0.5, 0.6) is 0 Å². The van der Waals surface area contributed by atoms with Crippen molar-refractivity contribution < 1.29 is 0 Å². The molecule has 0 spiro atoms. The van der Waals surface area contributed by atoms with Crippen LogP contribution in [-0.4, -0.2) is 12.0 Å². The number of aryl methyl sites for hydroxylation is 3. The van der Waals surface area contributed by atoms with Gasteiger partial charge in [0, 0.05) is 12.7 Å².